The molecule has 2 aromatic rings. The maximum atomic E-state index is 12.3. The third kappa shape index (κ3) is 4.39. The van der Waals surface area contributed by atoms with Crippen LogP contribution in [0.15, 0.2) is 52.4 Å². The Labute approximate surface area is 158 Å². The van der Waals surface area contributed by atoms with Crippen LogP contribution in [0.3, 0.4) is 0 Å². The fourth-order valence-electron chi connectivity index (χ4n) is 2.30. The summed E-state index contributed by atoms with van der Waals surface area (Å²) in [6.07, 6.45) is 1.54. The van der Waals surface area contributed by atoms with Crippen LogP contribution in [0.1, 0.15) is 4.88 Å². The van der Waals surface area contributed by atoms with Gasteiger partial charge in [0.2, 0.25) is 15.9 Å². The number of rotatable bonds is 5. The molecule has 0 radical (unpaired) electrons. The smallest absolute Gasteiger partial charge is 0.325 e. The van der Waals surface area contributed by atoms with Gasteiger partial charge >= 0.3 is 6.03 Å². The van der Waals surface area contributed by atoms with Crippen molar-refractivity contribution in [3.8, 4) is 0 Å². The first-order valence-corrected chi connectivity index (χ1v) is 9.97. The molecule has 3 rings (SSSR count). The molecular weight excluding hydrogens is 392 g/mol. The topological polar surface area (TPSA) is 139 Å². The molecule has 1 aromatic heterocycles. The lowest BCUT2D eigenvalue weighted by Crippen LogP contribution is -2.38. The molecule has 4 N–H and O–H groups in total. The molecule has 1 aliphatic heterocycles. The van der Waals surface area contributed by atoms with Crippen LogP contribution in [0, 0.1) is 0 Å². The number of hydrogen-bond donors (Lipinski definition) is 3. The van der Waals surface area contributed by atoms with E-state index in [1.54, 1.807) is 6.07 Å². The monoisotopic (exact) mass is 406 g/mol. The van der Waals surface area contributed by atoms with Gasteiger partial charge in [0.1, 0.15) is 12.2 Å². The van der Waals surface area contributed by atoms with Crippen LogP contribution in [0.25, 0.3) is 6.08 Å². The molecule has 9 nitrogen and oxygen atoms in total. The highest BCUT2D eigenvalue weighted by molar-refractivity contribution is 7.89. The average molecular weight is 406 g/mol. The van der Waals surface area contributed by atoms with E-state index in [0.717, 1.165) is 9.78 Å². The molecule has 1 aliphatic rings. The fourth-order valence-corrected chi connectivity index (χ4v) is 3.48. The van der Waals surface area contributed by atoms with Gasteiger partial charge in [0.25, 0.3) is 5.91 Å². The number of amides is 4. The van der Waals surface area contributed by atoms with E-state index in [0.29, 0.717) is 5.69 Å². The van der Waals surface area contributed by atoms with Crippen molar-refractivity contribution in [3.05, 3.63) is 52.4 Å². The van der Waals surface area contributed by atoms with Crippen molar-refractivity contribution >= 4 is 51.0 Å². The van der Waals surface area contributed by atoms with E-state index in [1.165, 1.54) is 41.7 Å². The molecule has 4 amide bonds. The largest absolute Gasteiger partial charge is 0.329 e. The maximum absolute atomic E-state index is 12.3. The lowest BCUT2D eigenvalue weighted by atomic mass is 10.3. The van der Waals surface area contributed by atoms with E-state index in [4.69, 9.17) is 5.14 Å². The first kappa shape index (κ1) is 18.8. The summed E-state index contributed by atoms with van der Waals surface area (Å²) in [5.41, 5.74) is 0.390. The van der Waals surface area contributed by atoms with Gasteiger partial charge < -0.3 is 10.6 Å². The third-order valence-corrected chi connectivity index (χ3v) is 5.31. The Hall–Kier alpha value is -3.02. The number of thiophene rings is 1. The van der Waals surface area contributed by atoms with Crippen LogP contribution in [0.4, 0.5) is 10.5 Å². The minimum absolute atomic E-state index is 0.0905. The van der Waals surface area contributed by atoms with Gasteiger partial charge in [0.05, 0.1) is 4.90 Å². The summed E-state index contributed by atoms with van der Waals surface area (Å²) in [5, 5.41) is 11.7. The van der Waals surface area contributed by atoms with Gasteiger partial charge in [0, 0.05) is 10.6 Å². The second-order valence-corrected chi connectivity index (χ2v) is 8.05. The average Bonchev–Trinajstić information content (AvgIpc) is 3.19. The quantitative estimate of drug-likeness (QED) is 0.501. The van der Waals surface area contributed by atoms with Gasteiger partial charge in [-0.15, -0.1) is 11.3 Å². The van der Waals surface area contributed by atoms with Crippen LogP contribution >= 0.6 is 11.3 Å². The van der Waals surface area contributed by atoms with E-state index in [-0.39, 0.29) is 10.6 Å². The molecule has 1 aromatic carbocycles. The lowest BCUT2D eigenvalue weighted by Gasteiger charge is -2.12. The minimum Gasteiger partial charge on any atom is -0.325 e. The molecule has 2 heterocycles. The highest BCUT2D eigenvalue weighted by atomic mass is 32.2. The zero-order chi connectivity index (χ0) is 19.6. The molecule has 11 heteroatoms. The number of nitrogens with one attached hydrogen (secondary N) is 2. The number of sulfonamides is 1. The van der Waals surface area contributed by atoms with Crippen LogP contribution in [-0.2, 0) is 19.6 Å². The number of nitrogens with two attached hydrogens (primary N) is 1. The molecule has 0 aliphatic carbocycles. The Morgan fingerprint density at radius 1 is 1.22 bits per heavy atom. The Morgan fingerprint density at radius 3 is 2.52 bits per heavy atom. The second kappa shape index (κ2) is 7.31. The Morgan fingerprint density at radius 2 is 1.93 bits per heavy atom. The molecular formula is C16H14N4O5S2. The number of carbonyl (C=O) groups is 3. The highest BCUT2D eigenvalue weighted by Crippen LogP contribution is 2.18. The van der Waals surface area contributed by atoms with Crippen LogP contribution < -0.4 is 15.8 Å². The maximum Gasteiger partial charge on any atom is 0.329 e. The second-order valence-electron chi connectivity index (χ2n) is 5.51. The fraction of sp³-hybridized carbons (Fsp3) is 0.0625. The van der Waals surface area contributed by atoms with Crippen LogP contribution in [0.5, 0.6) is 0 Å². The SMILES string of the molecule is NS(=O)(=O)c1ccc(NC(=O)CN2C(=O)N/C(=C\c3cccs3)C2=O)cc1. The van der Waals surface area contributed by atoms with Gasteiger partial charge in [-0.25, -0.2) is 23.3 Å². The molecule has 1 saturated heterocycles. The van der Waals surface area contributed by atoms with Gasteiger partial charge in [-0.1, -0.05) is 6.07 Å². The van der Waals surface area contributed by atoms with Crippen LogP contribution in [0.2, 0.25) is 0 Å². The number of nitrogens with zero attached hydrogens (tertiary/aromatic N) is 1. The summed E-state index contributed by atoms with van der Waals surface area (Å²) in [6, 6.07) is 8.09. The number of hydrogen-bond acceptors (Lipinski definition) is 6. The minimum atomic E-state index is -3.83. The molecule has 0 saturated carbocycles. The van der Waals surface area contributed by atoms with Gasteiger partial charge in [-0.05, 0) is 41.8 Å². The number of urea groups is 1. The standard InChI is InChI=1S/C16H14N4O5S2/c17-27(24,25)12-5-3-10(4-6-12)18-14(21)9-20-15(22)13(19-16(20)23)8-11-2-1-7-26-11/h1-8H,9H2,(H,18,21)(H,19,23)(H2,17,24,25)/b13-8-. The summed E-state index contributed by atoms with van der Waals surface area (Å²) >= 11 is 1.40. The normalized spacial score (nSPS) is 15.9. The number of imide groups is 1. The van der Waals surface area contributed by atoms with E-state index < -0.39 is 34.4 Å². The predicted molar refractivity (Wildman–Crippen MR) is 99.0 cm³/mol. The summed E-state index contributed by atoms with van der Waals surface area (Å²) in [6.45, 7) is -0.483. The van der Waals surface area contributed by atoms with Crippen molar-refractivity contribution in [1.29, 1.82) is 0 Å². The Balaban J connectivity index is 1.65. The number of anilines is 1. The van der Waals surface area contributed by atoms with Crippen molar-refractivity contribution in [3.63, 3.8) is 0 Å². The zero-order valence-electron chi connectivity index (χ0n) is 13.7. The highest BCUT2D eigenvalue weighted by Gasteiger charge is 2.34. The van der Waals surface area contributed by atoms with Gasteiger partial charge in [0.15, 0.2) is 0 Å². The molecule has 0 unspecified atom stereocenters. The van der Waals surface area contributed by atoms with Crippen molar-refractivity contribution in [2.24, 2.45) is 5.14 Å². The number of primary sulfonamides is 1. The predicted octanol–water partition coefficient (Wildman–Crippen LogP) is 0.927. The summed E-state index contributed by atoms with van der Waals surface area (Å²) in [4.78, 5) is 37.9. The molecule has 140 valence electrons. The van der Waals surface area contributed by atoms with Crippen molar-refractivity contribution in [2.45, 2.75) is 4.90 Å². The van der Waals surface area contributed by atoms with Crippen molar-refractivity contribution in [2.75, 3.05) is 11.9 Å². The van der Waals surface area contributed by atoms with Gasteiger partial charge in [-0.2, -0.15) is 0 Å². The summed E-state index contributed by atoms with van der Waals surface area (Å²) < 4.78 is 22.4. The zero-order valence-corrected chi connectivity index (χ0v) is 15.3. The first-order valence-electron chi connectivity index (χ1n) is 7.55. The Bertz CT molecular complexity index is 1030. The molecule has 0 atom stereocenters. The van der Waals surface area contributed by atoms with Crippen LogP contribution in [-0.4, -0.2) is 37.7 Å². The molecule has 0 bridgehead atoms. The lowest BCUT2D eigenvalue weighted by molar-refractivity contribution is -0.127. The third-order valence-electron chi connectivity index (χ3n) is 3.56. The first-order chi connectivity index (χ1) is 12.7. The number of benzene rings is 1. The van der Waals surface area contributed by atoms with Crippen molar-refractivity contribution in [1.82, 2.24) is 10.2 Å². The Kier molecular flexibility index (Phi) is 5.08. The molecule has 27 heavy (non-hydrogen) atoms. The summed E-state index contributed by atoms with van der Waals surface area (Å²) in [7, 11) is -3.83. The molecule has 0 spiro atoms. The van der Waals surface area contributed by atoms with E-state index in [2.05, 4.69) is 10.6 Å². The van der Waals surface area contributed by atoms with E-state index in [9.17, 15) is 22.8 Å². The van der Waals surface area contributed by atoms with Crippen molar-refractivity contribution < 1.29 is 22.8 Å². The van der Waals surface area contributed by atoms with E-state index >= 15 is 0 Å². The number of carbonyl (C=O) groups excluding carboxylic acids is 3. The van der Waals surface area contributed by atoms with Gasteiger partial charge in [-0.3, -0.25) is 9.59 Å². The summed E-state index contributed by atoms with van der Waals surface area (Å²) in [5.74, 6) is -1.22. The molecule has 1 fully saturated rings. The van der Waals surface area contributed by atoms with E-state index in [1.807, 2.05) is 11.4 Å².